The molecule has 1 aliphatic carbocycles. The van der Waals surface area contributed by atoms with E-state index < -0.39 is 20.9 Å². The first-order chi connectivity index (χ1) is 6.89. The van der Waals surface area contributed by atoms with E-state index in [0.717, 1.165) is 32.2 Å². The Morgan fingerprint density at radius 3 is 2.40 bits per heavy atom. The van der Waals surface area contributed by atoms with Gasteiger partial charge in [0.2, 0.25) is 10.0 Å². The summed E-state index contributed by atoms with van der Waals surface area (Å²) >= 11 is 0. The maximum Gasteiger partial charge on any atom is 0.214 e. The summed E-state index contributed by atoms with van der Waals surface area (Å²) in [6.07, 6.45) is 3.64. The fourth-order valence-electron chi connectivity index (χ4n) is 2.11. The monoisotopic (exact) mass is 234 g/mol. The zero-order valence-corrected chi connectivity index (χ0v) is 9.54. The van der Waals surface area contributed by atoms with Gasteiger partial charge in [-0.1, -0.05) is 0 Å². The summed E-state index contributed by atoms with van der Waals surface area (Å²) in [6, 6.07) is 0. The van der Waals surface area contributed by atoms with Crippen LogP contribution in [0.3, 0.4) is 0 Å². The standard InChI is InChI=1S/C9H18N2O3S/c10-15(13,14)8-6-11(7-8)5-4-9(12)2-1-3-9/h8,12H,1-7H2,(H2,10,13,14). The predicted molar refractivity (Wildman–Crippen MR) is 56.8 cm³/mol. The molecule has 0 aromatic heterocycles. The molecule has 2 fully saturated rings. The lowest BCUT2D eigenvalue weighted by atomic mass is 9.78. The number of nitrogens with two attached hydrogens (primary N) is 1. The lowest BCUT2D eigenvalue weighted by molar-refractivity contribution is -0.0493. The molecule has 0 amide bonds. The molecule has 6 heteroatoms. The number of sulfonamides is 1. The molecule has 0 atom stereocenters. The molecule has 0 radical (unpaired) electrons. The van der Waals surface area contributed by atoms with E-state index in [2.05, 4.69) is 0 Å². The van der Waals surface area contributed by atoms with E-state index in [4.69, 9.17) is 5.14 Å². The van der Waals surface area contributed by atoms with Gasteiger partial charge in [0.05, 0.1) is 5.60 Å². The van der Waals surface area contributed by atoms with E-state index in [1.165, 1.54) is 0 Å². The van der Waals surface area contributed by atoms with Crippen LogP contribution in [0.1, 0.15) is 25.7 Å². The summed E-state index contributed by atoms with van der Waals surface area (Å²) in [5, 5.41) is 14.5. The van der Waals surface area contributed by atoms with Crippen LogP contribution in [0.5, 0.6) is 0 Å². The number of nitrogens with zero attached hydrogens (tertiary/aromatic N) is 1. The van der Waals surface area contributed by atoms with E-state index in [9.17, 15) is 13.5 Å². The molecule has 1 saturated heterocycles. The molecule has 1 saturated carbocycles. The Morgan fingerprint density at radius 1 is 1.40 bits per heavy atom. The quantitative estimate of drug-likeness (QED) is 0.671. The summed E-state index contributed by atoms with van der Waals surface area (Å²) in [7, 11) is -3.35. The van der Waals surface area contributed by atoms with Crippen LogP contribution in [0.2, 0.25) is 0 Å². The number of aliphatic hydroxyl groups is 1. The number of hydrogen-bond donors (Lipinski definition) is 2. The highest BCUT2D eigenvalue weighted by Gasteiger charge is 2.38. The van der Waals surface area contributed by atoms with Gasteiger partial charge >= 0.3 is 0 Å². The zero-order chi connectivity index (χ0) is 11.1. The van der Waals surface area contributed by atoms with Crippen LogP contribution in [0.15, 0.2) is 0 Å². The first-order valence-electron chi connectivity index (χ1n) is 5.35. The van der Waals surface area contributed by atoms with Gasteiger partial charge in [-0.25, -0.2) is 13.6 Å². The molecule has 1 aliphatic heterocycles. The minimum Gasteiger partial charge on any atom is -0.390 e. The number of rotatable bonds is 4. The minimum absolute atomic E-state index is 0.395. The second-order valence-corrected chi connectivity index (χ2v) is 6.64. The average molecular weight is 234 g/mol. The van der Waals surface area contributed by atoms with Gasteiger partial charge in [0.15, 0.2) is 0 Å². The summed E-state index contributed by atoms with van der Waals surface area (Å²) in [5.74, 6) is 0. The van der Waals surface area contributed by atoms with Crippen molar-refractivity contribution in [2.24, 2.45) is 5.14 Å². The van der Waals surface area contributed by atoms with Gasteiger partial charge in [-0.05, 0) is 25.7 Å². The van der Waals surface area contributed by atoms with Gasteiger partial charge in [0.1, 0.15) is 5.25 Å². The molecule has 5 nitrogen and oxygen atoms in total. The van der Waals surface area contributed by atoms with Crippen molar-refractivity contribution in [1.29, 1.82) is 0 Å². The van der Waals surface area contributed by atoms with E-state index in [-0.39, 0.29) is 0 Å². The first-order valence-corrected chi connectivity index (χ1v) is 6.96. The van der Waals surface area contributed by atoms with Gasteiger partial charge in [-0.15, -0.1) is 0 Å². The topological polar surface area (TPSA) is 83.6 Å². The number of likely N-dealkylation sites (tertiary alicyclic amines) is 1. The van der Waals surface area contributed by atoms with Crippen LogP contribution in [0, 0.1) is 0 Å². The molecule has 0 aromatic rings. The molecule has 3 N–H and O–H groups in total. The van der Waals surface area contributed by atoms with Gasteiger partial charge in [-0.2, -0.15) is 0 Å². The molecule has 0 spiro atoms. The third-order valence-electron chi connectivity index (χ3n) is 3.57. The van der Waals surface area contributed by atoms with Gasteiger partial charge in [-0.3, -0.25) is 0 Å². The van der Waals surface area contributed by atoms with Crippen molar-refractivity contribution in [1.82, 2.24) is 4.90 Å². The minimum atomic E-state index is -3.35. The van der Waals surface area contributed by atoms with Crippen LogP contribution < -0.4 is 5.14 Å². The molecule has 2 aliphatic rings. The molecule has 0 unspecified atom stereocenters. The Labute approximate surface area is 90.3 Å². The number of primary sulfonamides is 1. The van der Waals surface area contributed by atoms with Crippen molar-refractivity contribution >= 4 is 10.0 Å². The Morgan fingerprint density at radius 2 is 2.00 bits per heavy atom. The van der Waals surface area contributed by atoms with E-state index in [1.54, 1.807) is 0 Å². The van der Waals surface area contributed by atoms with Gasteiger partial charge < -0.3 is 10.0 Å². The lowest BCUT2D eigenvalue weighted by Crippen LogP contribution is -2.57. The average Bonchev–Trinajstić information content (AvgIpc) is 1.95. The fourth-order valence-corrected chi connectivity index (χ4v) is 2.95. The highest BCUT2D eigenvalue weighted by molar-refractivity contribution is 7.89. The second kappa shape index (κ2) is 3.69. The van der Waals surface area contributed by atoms with Gasteiger partial charge in [0, 0.05) is 19.6 Å². The maximum atomic E-state index is 10.9. The SMILES string of the molecule is NS(=O)(=O)C1CN(CCC2(O)CCC2)C1. The van der Waals surface area contributed by atoms with Crippen molar-refractivity contribution in [2.45, 2.75) is 36.5 Å². The summed E-state index contributed by atoms with van der Waals surface area (Å²) < 4.78 is 21.9. The Hall–Kier alpha value is -0.170. The van der Waals surface area contributed by atoms with E-state index >= 15 is 0 Å². The molecule has 1 heterocycles. The normalized spacial score (nSPS) is 27.1. The van der Waals surface area contributed by atoms with Crippen LogP contribution in [0.4, 0.5) is 0 Å². The highest BCUT2D eigenvalue weighted by Crippen LogP contribution is 2.35. The van der Waals surface area contributed by atoms with E-state index in [0.29, 0.717) is 13.1 Å². The van der Waals surface area contributed by atoms with Crippen molar-refractivity contribution in [3.63, 3.8) is 0 Å². The summed E-state index contributed by atoms with van der Waals surface area (Å²) in [4.78, 5) is 2.03. The molecular formula is C9H18N2O3S. The number of hydrogen-bond acceptors (Lipinski definition) is 4. The van der Waals surface area contributed by atoms with Crippen molar-refractivity contribution in [3.8, 4) is 0 Å². The Balaban J connectivity index is 1.68. The predicted octanol–water partition coefficient (Wildman–Crippen LogP) is -0.736. The molecule has 2 rings (SSSR count). The molecule has 15 heavy (non-hydrogen) atoms. The van der Waals surface area contributed by atoms with Crippen molar-refractivity contribution in [3.05, 3.63) is 0 Å². The fraction of sp³-hybridized carbons (Fsp3) is 1.00. The summed E-state index contributed by atoms with van der Waals surface area (Å²) in [6.45, 7) is 1.83. The Kier molecular flexibility index (Phi) is 2.79. The first kappa shape index (κ1) is 11.3. The smallest absolute Gasteiger partial charge is 0.214 e. The Bertz CT molecular complexity index is 331. The van der Waals surface area contributed by atoms with Crippen LogP contribution in [0.25, 0.3) is 0 Å². The van der Waals surface area contributed by atoms with Crippen molar-refractivity contribution in [2.75, 3.05) is 19.6 Å². The lowest BCUT2D eigenvalue weighted by Gasteiger charge is -2.42. The van der Waals surface area contributed by atoms with Crippen LogP contribution >= 0.6 is 0 Å². The molecule has 0 aromatic carbocycles. The summed E-state index contributed by atoms with van der Waals surface area (Å²) in [5.41, 5.74) is -0.466. The molecule has 0 bridgehead atoms. The molecular weight excluding hydrogens is 216 g/mol. The van der Waals surface area contributed by atoms with Crippen LogP contribution in [-0.2, 0) is 10.0 Å². The second-order valence-electron chi connectivity index (χ2n) is 4.80. The maximum absolute atomic E-state index is 10.9. The zero-order valence-electron chi connectivity index (χ0n) is 8.72. The van der Waals surface area contributed by atoms with Crippen LogP contribution in [-0.4, -0.2) is 48.9 Å². The highest BCUT2D eigenvalue weighted by atomic mass is 32.2. The molecule has 88 valence electrons. The third kappa shape index (κ3) is 2.50. The largest absolute Gasteiger partial charge is 0.390 e. The van der Waals surface area contributed by atoms with Crippen molar-refractivity contribution < 1.29 is 13.5 Å². The van der Waals surface area contributed by atoms with Gasteiger partial charge in [0.25, 0.3) is 0 Å². The third-order valence-corrected chi connectivity index (χ3v) is 4.79. The van der Waals surface area contributed by atoms with E-state index in [1.807, 2.05) is 4.90 Å².